The highest BCUT2D eigenvalue weighted by atomic mass is 19.1. The van der Waals surface area contributed by atoms with Crippen LogP contribution in [0.25, 0.3) is 11.1 Å². The number of ketones is 1. The molecule has 4 nitrogen and oxygen atoms in total. The average Bonchev–Trinajstić information content (AvgIpc) is 2.73. The monoisotopic (exact) mass is 394 g/mol. The number of rotatable bonds is 8. The molecule has 0 N–H and O–H groups in total. The molecule has 0 unspecified atom stereocenters. The predicted molar refractivity (Wildman–Crippen MR) is 111 cm³/mol. The van der Waals surface area contributed by atoms with Gasteiger partial charge in [0.25, 0.3) is 0 Å². The molecule has 0 radical (unpaired) electrons. The van der Waals surface area contributed by atoms with Gasteiger partial charge < -0.3 is 14.2 Å². The van der Waals surface area contributed by atoms with Crippen molar-refractivity contribution in [2.45, 2.75) is 20.3 Å². The lowest BCUT2D eigenvalue weighted by Crippen LogP contribution is -1.99. The van der Waals surface area contributed by atoms with E-state index < -0.39 is 5.82 Å². The molecule has 3 aromatic carbocycles. The van der Waals surface area contributed by atoms with Gasteiger partial charge in [0.1, 0.15) is 17.2 Å². The number of halogens is 1. The summed E-state index contributed by atoms with van der Waals surface area (Å²) >= 11 is 0. The Morgan fingerprint density at radius 1 is 0.897 bits per heavy atom. The lowest BCUT2D eigenvalue weighted by Gasteiger charge is -2.13. The molecule has 0 heterocycles. The van der Waals surface area contributed by atoms with Crippen molar-refractivity contribution in [1.82, 2.24) is 0 Å². The van der Waals surface area contributed by atoms with E-state index in [2.05, 4.69) is 0 Å². The van der Waals surface area contributed by atoms with E-state index >= 15 is 0 Å². The minimum absolute atomic E-state index is 0.116. The van der Waals surface area contributed by atoms with Gasteiger partial charge in [0.05, 0.1) is 19.3 Å². The Bertz CT molecular complexity index is 996. The number of carbonyl (C=O) groups is 1. The zero-order valence-electron chi connectivity index (χ0n) is 16.7. The molecule has 0 bridgehead atoms. The first kappa shape index (κ1) is 20.4. The molecule has 0 aliphatic rings. The highest BCUT2D eigenvalue weighted by molar-refractivity contribution is 5.97. The summed E-state index contributed by atoms with van der Waals surface area (Å²) in [5.41, 5.74) is 1.86. The van der Waals surface area contributed by atoms with Crippen molar-refractivity contribution < 1.29 is 23.4 Å². The summed E-state index contributed by atoms with van der Waals surface area (Å²) < 4.78 is 30.9. The van der Waals surface area contributed by atoms with E-state index in [1.165, 1.54) is 13.0 Å². The van der Waals surface area contributed by atoms with Crippen LogP contribution in [-0.4, -0.2) is 19.5 Å². The van der Waals surface area contributed by atoms with E-state index in [4.69, 9.17) is 14.2 Å². The second-order valence-electron chi connectivity index (χ2n) is 6.54. The SMILES string of the molecule is CCCOc1ccc(-c2ccc(C(C)=O)c(Oc3ccc(OC)cc3)c2)cc1F. The van der Waals surface area contributed by atoms with Crippen LogP contribution in [0.2, 0.25) is 0 Å². The Hall–Kier alpha value is -3.34. The highest BCUT2D eigenvalue weighted by Crippen LogP contribution is 2.33. The van der Waals surface area contributed by atoms with Gasteiger partial charge in [-0.05, 0) is 73.0 Å². The first-order chi connectivity index (χ1) is 14.0. The molecule has 150 valence electrons. The van der Waals surface area contributed by atoms with Crippen LogP contribution in [0, 0.1) is 5.82 Å². The second-order valence-corrected chi connectivity index (χ2v) is 6.54. The molecule has 0 saturated carbocycles. The molecule has 5 heteroatoms. The van der Waals surface area contributed by atoms with Gasteiger partial charge in [-0.1, -0.05) is 19.1 Å². The summed E-state index contributed by atoms with van der Waals surface area (Å²) in [6, 6.07) is 17.1. The van der Waals surface area contributed by atoms with Crippen molar-refractivity contribution in [2.75, 3.05) is 13.7 Å². The fourth-order valence-electron chi connectivity index (χ4n) is 2.86. The minimum atomic E-state index is -0.427. The van der Waals surface area contributed by atoms with Crippen LogP contribution >= 0.6 is 0 Å². The first-order valence-electron chi connectivity index (χ1n) is 9.41. The van der Waals surface area contributed by atoms with Gasteiger partial charge in [0.15, 0.2) is 17.3 Å². The van der Waals surface area contributed by atoms with Gasteiger partial charge in [-0.15, -0.1) is 0 Å². The number of carbonyl (C=O) groups excluding carboxylic acids is 1. The van der Waals surface area contributed by atoms with Gasteiger partial charge in [-0.2, -0.15) is 0 Å². The summed E-state index contributed by atoms with van der Waals surface area (Å²) in [5, 5.41) is 0. The van der Waals surface area contributed by atoms with E-state index in [1.807, 2.05) is 6.92 Å². The number of benzene rings is 3. The third-order valence-electron chi connectivity index (χ3n) is 4.38. The fourth-order valence-corrected chi connectivity index (χ4v) is 2.86. The van der Waals surface area contributed by atoms with E-state index in [1.54, 1.807) is 61.7 Å². The maximum atomic E-state index is 14.4. The summed E-state index contributed by atoms with van der Waals surface area (Å²) in [5.74, 6) is 1.37. The average molecular weight is 394 g/mol. The van der Waals surface area contributed by atoms with Crippen LogP contribution in [-0.2, 0) is 0 Å². The Labute approximate surface area is 169 Å². The standard InChI is InChI=1S/C24H23FO4/c1-4-13-28-23-12-6-17(14-22(23)25)18-5-11-21(16(2)26)24(15-18)29-20-9-7-19(27-3)8-10-20/h5-12,14-15H,4,13H2,1-3H3. The number of hydrogen-bond donors (Lipinski definition) is 0. The quantitative estimate of drug-likeness (QED) is 0.422. The number of Topliss-reactive ketones (excluding diaryl/α,β-unsaturated/α-hetero) is 1. The third-order valence-corrected chi connectivity index (χ3v) is 4.38. The zero-order valence-corrected chi connectivity index (χ0v) is 16.7. The van der Waals surface area contributed by atoms with E-state index in [-0.39, 0.29) is 11.5 Å². The summed E-state index contributed by atoms with van der Waals surface area (Å²) in [4.78, 5) is 12.0. The topological polar surface area (TPSA) is 44.8 Å². The number of hydrogen-bond acceptors (Lipinski definition) is 4. The van der Waals surface area contributed by atoms with Crippen LogP contribution in [0.4, 0.5) is 4.39 Å². The Morgan fingerprint density at radius 2 is 1.55 bits per heavy atom. The molecule has 29 heavy (non-hydrogen) atoms. The Balaban J connectivity index is 1.93. The van der Waals surface area contributed by atoms with Crippen molar-refractivity contribution in [3.05, 3.63) is 72.0 Å². The van der Waals surface area contributed by atoms with Crippen molar-refractivity contribution in [2.24, 2.45) is 0 Å². The summed E-state index contributed by atoms with van der Waals surface area (Å²) in [7, 11) is 1.59. The van der Waals surface area contributed by atoms with Crippen LogP contribution in [0.15, 0.2) is 60.7 Å². The number of methoxy groups -OCH3 is 1. The van der Waals surface area contributed by atoms with Gasteiger partial charge in [-0.25, -0.2) is 4.39 Å². The zero-order chi connectivity index (χ0) is 20.8. The largest absolute Gasteiger partial charge is 0.497 e. The molecule has 0 aliphatic heterocycles. The minimum Gasteiger partial charge on any atom is -0.497 e. The predicted octanol–water partition coefficient (Wildman–Crippen LogP) is 6.29. The normalized spacial score (nSPS) is 10.5. The van der Waals surface area contributed by atoms with Gasteiger partial charge >= 0.3 is 0 Å². The van der Waals surface area contributed by atoms with E-state index in [9.17, 15) is 9.18 Å². The maximum Gasteiger partial charge on any atom is 0.165 e. The molecule has 0 spiro atoms. The molecule has 0 amide bonds. The molecule has 0 fully saturated rings. The molecule has 0 aromatic heterocycles. The fraction of sp³-hybridized carbons (Fsp3) is 0.208. The Morgan fingerprint density at radius 3 is 2.17 bits per heavy atom. The van der Waals surface area contributed by atoms with Gasteiger partial charge in [-0.3, -0.25) is 4.79 Å². The van der Waals surface area contributed by atoms with Crippen LogP contribution < -0.4 is 14.2 Å². The lowest BCUT2D eigenvalue weighted by molar-refractivity contribution is 0.101. The van der Waals surface area contributed by atoms with Crippen LogP contribution in [0.1, 0.15) is 30.6 Å². The smallest absolute Gasteiger partial charge is 0.165 e. The second kappa shape index (κ2) is 9.24. The van der Waals surface area contributed by atoms with Gasteiger partial charge in [0, 0.05) is 0 Å². The van der Waals surface area contributed by atoms with Crippen LogP contribution in [0.3, 0.4) is 0 Å². The molecule has 3 rings (SSSR count). The molecular formula is C24H23FO4. The lowest BCUT2D eigenvalue weighted by atomic mass is 10.0. The van der Waals surface area contributed by atoms with Crippen molar-refractivity contribution in [3.63, 3.8) is 0 Å². The molecule has 0 aliphatic carbocycles. The third kappa shape index (κ3) is 4.93. The first-order valence-corrected chi connectivity index (χ1v) is 9.41. The highest BCUT2D eigenvalue weighted by Gasteiger charge is 2.13. The summed E-state index contributed by atoms with van der Waals surface area (Å²) in [6.45, 7) is 3.91. The van der Waals surface area contributed by atoms with E-state index in [0.717, 1.165) is 12.0 Å². The van der Waals surface area contributed by atoms with E-state index in [0.29, 0.717) is 35.0 Å². The molecule has 0 atom stereocenters. The molecular weight excluding hydrogens is 371 g/mol. The van der Waals surface area contributed by atoms with Gasteiger partial charge in [0.2, 0.25) is 0 Å². The van der Waals surface area contributed by atoms with Crippen molar-refractivity contribution >= 4 is 5.78 Å². The van der Waals surface area contributed by atoms with Crippen molar-refractivity contribution in [3.8, 4) is 34.1 Å². The maximum absolute atomic E-state index is 14.4. The van der Waals surface area contributed by atoms with Crippen molar-refractivity contribution in [1.29, 1.82) is 0 Å². The number of ether oxygens (including phenoxy) is 3. The molecule has 0 saturated heterocycles. The Kier molecular flexibility index (Phi) is 6.50. The van der Waals surface area contributed by atoms with Crippen LogP contribution in [0.5, 0.6) is 23.0 Å². The summed E-state index contributed by atoms with van der Waals surface area (Å²) in [6.07, 6.45) is 0.805. The molecule has 3 aromatic rings.